The van der Waals surface area contributed by atoms with Crippen LogP contribution in [0.2, 0.25) is 0 Å². The van der Waals surface area contributed by atoms with Crippen molar-refractivity contribution >= 4 is 17.7 Å². The lowest BCUT2D eigenvalue weighted by Gasteiger charge is -2.27. The Balaban J connectivity index is 2.03. The molecule has 108 valence electrons. The van der Waals surface area contributed by atoms with E-state index in [-0.39, 0.29) is 18.6 Å². The molecule has 1 saturated carbocycles. The number of aliphatic hydroxyl groups is 1. The van der Waals surface area contributed by atoms with E-state index < -0.39 is 0 Å². The van der Waals surface area contributed by atoms with E-state index in [2.05, 4.69) is 0 Å². The van der Waals surface area contributed by atoms with Crippen LogP contribution < -0.4 is 5.73 Å². The molecule has 1 aromatic carbocycles. The van der Waals surface area contributed by atoms with Crippen molar-refractivity contribution in [1.29, 1.82) is 0 Å². The first kappa shape index (κ1) is 14.6. The van der Waals surface area contributed by atoms with Crippen LogP contribution in [0.3, 0.4) is 0 Å². The normalized spacial score (nSPS) is 15.8. The monoisotopic (exact) mass is 274 g/mol. The Morgan fingerprint density at radius 2 is 2.15 bits per heavy atom. The topological polar surface area (TPSA) is 66.6 Å². The second kappa shape index (κ2) is 7.10. The molecule has 0 aliphatic heterocycles. The molecule has 3 N–H and O–H groups in total. The van der Waals surface area contributed by atoms with Crippen molar-refractivity contribution in [2.75, 3.05) is 18.9 Å². The molecule has 20 heavy (non-hydrogen) atoms. The van der Waals surface area contributed by atoms with E-state index in [9.17, 15) is 4.79 Å². The minimum atomic E-state index is -0.0339. The van der Waals surface area contributed by atoms with Crippen LogP contribution in [0.5, 0.6) is 0 Å². The zero-order valence-corrected chi connectivity index (χ0v) is 11.7. The number of anilines is 1. The lowest BCUT2D eigenvalue weighted by molar-refractivity contribution is -0.128. The van der Waals surface area contributed by atoms with Gasteiger partial charge >= 0.3 is 0 Å². The van der Waals surface area contributed by atoms with E-state index in [4.69, 9.17) is 10.8 Å². The molecule has 1 amide bonds. The van der Waals surface area contributed by atoms with Crippen molar-refractivity contribution in [3.05, 3.63) is 35.9 Å². The first-order valence-corrected chi connectivity index (χ1v) is 7.16. The highest BCUT2D eigenvalue weighted by molar-refractivity contribution is 5.92. The minimum Gasteiger partial charge on any atom is -0.399 e. The zero-order chi connectivity index (χ0) is 14.4. The number of amides is 1. The molecular weight excluding hydrogens is 252 g/mol. The first-order chi connectivity index (χ1) is 9.70. The number of nitrogens with two attached hydrogens (primary N) is 1. The number of hydrogen-bond donors (Lipinski definition) is 2. The summed E-state index contributed by atoms with van der Waals surface area (Å²) in [6.45, 7) is 0.416. The number of carbonyl (C=O) groups is 1. The quantitative estimate of drug-likeness (QED) is 0.638. The molecule has 0 saturated heterocycles. The lowest BCUT2D eigenvalue weighted by atomic mass is 10.1. The Labute approximate surface area is 119 Å². The van der Waals surface area contributed by atoms with Gasteiger partial charge in [-0.3, -0.25) is 4.79 Å². The van der Waals surface area contributed by atoms with Crippen molar-refractivity contribution in [3.8, 4) is 0 Å². The maximum Gasteiger partial charge on any atom is 0.246 e. The summed E-state index contributed by atoms with van der Waals surface area (Å²) in [5, 5.41) is 9.13. The molecule has 0 aromatic heterocycles. The molecule has 1 aromatic rings. The van der Waals surface area contributed by atoms with Gasteiger partial charge in [-0.25, -0.2) is 0 Å². The number of benzene rings is 1. The predicted molar refractivity (Wildman–Crippen MR) is 80.9 cm³/mol. The van der Waals surface area contributed by atoms with Gasteiger partial charge in [-0.2, -0.15) is 0 Å². The summed E-state index contributed by atoms with van der Waals surface area (Å²) in [5.41, 5.74) is 7.30. The molecule has 0 atom stereocenters. The van der Waals surface area contributed by atoms with Crippen LogP contribution in [0.4, 0.5) is 5.69 Å². The minimum absolute atomic E-state index is 0.00830. The summed E-state index contributed by atoms with van der Waals surface area (Å²) in [7, 11) is 0. The molecule has 0 radical (unpaired) electrons. The molecule has 1 fully saturated rings. The summed E-state index contributed by atoms with van der Waals surface area (Å²) < 4.78 is 0. The number of nitrogen functional groups attached to an aromatic ring is 1. The fourth-order valence-electron chi connectivity index (χ4n) is 2.72. The van der Waals surface area contributed by atoms with E-state index in [0.717, 1.165) is 18.4 Å². The third-order valence-electron chi connectivity index (χ3n) is 3.72. The van der Waals surface area contributed by atoms with Crippen LogP contribution in [0.25, 0.3) is 6.08 Å². The van der Waals surface area contributed by atoms with Crippen molar-refractivity contribution in [1.82, 2.24) is 4.90 Å². The summed E-state index contributed by atoms with van der Waals surface area (Å²) in [6.07, 6.45) is 7.76. The van der Waals surface area contributed by atoms with Gasteiger partial charge in [0.05, 0.1) is 6.61 Å². The number of nitrogens with zero attached hydrogens (tertiary/aromatic N) is 1. The van der Waals surface area contributed by atoms with E-state index in [1.807, 2.05) is 24.3 Å². The third kappa shape index (κ3) is 3.84. The predicted octanol–water partition coefficient (Wildman–Crippen LogP) is 2.05. The fourth-order valence-corrected chi connectivity index (χ4v) is 2.72. The maximum atomic E-state index is 12.3. The van der Waals surface area contributed by atoms with Crippen LogP contribution in [0.15, 0.2) is 30.3 Å². The molecule has 1 aliphatic carbocycles. The van der Waals surface area contributed by atoms with Gasteiger partial charge in [-0.05, 0) is 36.6 Å². The summed E-state index contributed by atoms with van der Waals surface area (Å²) in [6, 6.07) is 7.69. The molecular formula is C16H22N2O2. The molecule has 0 heterocycles. The maximum absolute atomic E-state index is 12.3. The summed E-state index contributed by atoms with van der Waals surface area (Å²) in [5.74, 6) is -0.0339. The van der Waals surface area contributed by atoms with Crippen LogP contribution >= 0.6 is 0 Å². The highest BCUT2D eigenvalue weighted by Crippen LogP contribution is 2.23. The molecule has 1 aliphatic rings. The Hall–Kier alpha value is -1.81. The average molecular weight is 274 g/mol. The second-order valence-electron chi connectivity index (χ2n) is 5.20. The van der Waals surface area contributed by atoms with E-state index in [0.29, 0.717) is 12.2 Å². The highest BCUT2D eigenvalue weighted by Gasteiger charge is 2.24. The van der Waals surface area contributed by atoms with Gasteiger partial charge in [-0.15, -0.1) is 0 Å². The largest absolute Gasteiger partial charge is 0.399 e. The fraction of sp³-hybridized carbons (Fsp3) is 0.438. The standard InChI is InChI=1S/C16H22N2O2/c17-14-5-3-4-13(12-14)8-9-16(20)18(10-11-19)15-6-1-2-7-15/h3-5,8-9,12,15,19H,1-2,6-7,10-11,17H2/b9-8+. The number of aliphatic hydroxyl groups excluding tert-OH is 1. The smallest absolute Gasteiger partial charge is 0.246 e. The van der Waals surface area contributed by atoms with Crippen LogP contribution in [-0.4, -0.2) is 35.1 Å². The SMILES string of the molecule is Nc1cccc(/C=C/C(=O)N(CCO)C2CCCC2)c1. The Morgan fingerprint density at radius 3 is 2.80 bits per heavy atom. The number of hydrogen-bond acceptors (Lipinski definition) is 3. The highest BCUT2D eigenvalue weighted by atomic mass is 16.3. The zero-order valence-electron chi connectivity index (χ0n) is 11.7. The Bertz CT molecular complexity index is 479. The van der Waals surface area contributed by atoms with Crippen molar-refractivity contribution in [3.63, 3.8) is 0 Å². The molecule has 4 nitrogen and oxygen atoms in total. The van der Waals surface area contributed by atoms with Crippen LogP contribution in [0.1, 0.15) is 31.2 Å². The summed E-state index contributed by atoms with van der Waals surface area (Å²) in [4.78, 5) is 14.1. The molecule has 4 heteroatoms. The van der Waals surface area contributed by atoms with Gasteiger partial charge in [0.1, 0.15) is 0 Å². The van der Waals surface area contributed by atoms with E-state index >= 15 is 0 Å². The molecule has 0 bridgehead atoms. The third-order valence-corrected chi connectivity index (χ3v) is 3.72. The van der Waals surface area contributed by atoms with Crippen molar-refractivity contribution in [2.45, 2.75) is 31.7 Å². The van der Waals surface area contributed by atoms with E-state index in [1.165, 1.54) is 12.8 Å². The van der Waals surface area contributed by atoms with Crippen molar-refractivity contribution < 1.29 is 9.90 Å². The Kier molecular flexibility index (Phi) is 5.18. The lowest BCUT2D eigenvalue weighted by Crippen LogP contribution is -2.39. The molecule has 0 unspecified atom stereocenters. The average Bonchev–Trinajstić information content (AvgIpc) is 2.96. The summed E-state index contributed by atoms with van der Waals surface area (Å²) >= 11 is 0. The molecule has 0 spiro atoms. The van der Waals surface area contributed by atoms with Gasteiger partial charge in [0.15, 0.2) is 0 Å². The van der Waals surface area contributed by atoms with Gasteiger partial charge < -0.3 is 15.7 Å². The Morgan fingerprint density at radius 1 is 1.40 bits per heavy atom. The van der Waals surface area contributed by atoms with Crippen molar-refractivity contribution in [2.24, 2.45) is 0 Å². The first-order valence-electron chi connectivity index (χ1n) is 7.16. The van der Waals surface area contributed by atoms with Crippen LogP contribution in [-0.2, 0) is 4.79 Å². The second-order valence-corrected chi connectivity index (χ2v) is 5.20. The van der Waals surface area contributed by atoms with Gasteiger partial charge in [0.2, 0.25) is 5.91 Å². The molecule has 2 rings (SSSR count). The van der Waals surface area contributed by atoms with Gasteiger partial charge in [0.25, 0.3) is 0 Å². The van der Waals surface area contributed by atoms with E-state index in [1.54, 1.807) is 17.1 Å². The number of rotatable bonds is 5. The van der Waals surface area contributed by atoms with Gasteiger partial charge in [0, 0.05) is 24.4 Å². The van der Waals surface area contributed by atoms with Gasteiger partial charge in [-0.1, -0.05) is 25.0 Å². The number of carbonyl (C=O) groups excluding carboxylic acids is 1. The van der Waals surface area contributed by atoms with Crippen LogP contribution in [0, 0.1) is 0 Å².